The number of anilines is 2. The van der Waals surface area contributed by atoms with Crippen molar-refractivity contribution in [1.82, 2.24) is 16.2 Å². The molecule has 1 saturated heterocycles. The third-order valence-electron chi connectivity index (χ3n) is 4.65. The number of amides is 1. The summed E-state index contributed by atoms with van der Waals surface area (Å²) in [7, 11) is -2.04. The molecule has 9 heteroatoms. The van der Waals surface area contributed by atoms with E-state index in [1.54, 1.807) is 24.3 Å². The van der Waals surface area contributed by atoms with E-state index < -0.39 is 10.2 Å². The van der Waals surface area contributed by atoms with Gasteiger partial charge in [-0.25, -0.2) is 4.31 Å². The third-order valence-corrected chi connectivity index (χ3v) is 6.47. The van der Waals surface area contributed by atoms with E-state index in [1.165, 1.54) is 15.7 Å². The fourth-order valence-corrected chi connectivity index (χ4v) is 4.73. The molecule has 0 bridgehead atoms. The van der Waals surface area contributed by atoms with Crippen LogP contribution in [0.15, 0.2) is 24.3 Å². The number of hydrogen-bond donors (Lipinski definition) is 3. The highest BCUT2D eigenvalue weighted by Gasteiger charge is 2.38. The number of benzene rings is 1. The molecule has 2 atom stereocenters. The van der Waals surface area contributed by atoms with Gasteiger partial charge in [-0.05, 0) is 26.0 Å². The minimum atomic E-state index is -3.57. The van der Waals surface area contributed by atoms with E-state index in [4.69, 9.17) is 0 Å². The molecule has 8 nitrogen and oxygen atoms in total. The summed E-state index contributed by atoms with van der Waals surface area (Å²) < 4.78 is 27.6. The first-order valence-electron chi connectivity index (χ1n) is 7.98. The van der Waals surface area contributed by atoms with E-state index in [1.807, 2.05) is 13.8 Å². The lowest BCUT2D eigenvalue weighted by Crippen LogP contribution is -2.44. The van der Waals surface area contributed by atoms with Gasteiger partial charge in [0.15, 0.2) is 0 Å². The predicted octanol–water partition coefficient (Wildman–Crippen LogP) is -0.195. The van der Waals surface area contributed by atoms with Gasteiger partial charge in [0.2, 0.25) is 5.91 Å². The quantitative estimate of drug-likeness (QED) is 0.697. The lowest BCUT2D eigenvalue weighted by Gasteiger charge is -2.21. The molecule has 2 heterocycles. The molecule has 0 aromatic heterocycles. The first-order valence-corrected chi connectivity index (χ1v) is 9.38. The summed E-state index contributed by atoms with van der Waals surface area (Å²) in [5, 5.41) is 2.85. The number of carbonyl (C=O) groups is 1. The van der Waals surface area contributed by atoms with E-state index in [-0.39, 0.29) is 37.0 Å². The largest absolute Gasteiger partial charge is 0.354 e. The lowest BCUT2D eigenvalue weighted by atomic mass is 9.96. The molecule has 0 aliphatic carbocycles. The van der Waals surface area contributed by atoms with Crippen molar-refractivity contribution >= 4 is 27.5 Å². The smallest absolute Gasteiger partial charge is 0.326 e. The van der Waals surface area contributed by atoms with Gasteiger partial charge in [0, 0.05) is 25.7 Å². The van der Waals surface area contributed by atoms with E-state index in [0.29, 0.717) is 11.4 Å². The maximum Gasteiger partial charge on any atom is 0.326 e. The van der Waals surface area contributed by atoms with Crippen molar-refractivity contribution in [3.63, 3.8) is 0 Å². The summed E-state index contributed by atoms with van der Waals surface area (Å²) in [4.78, 5) is 12.3. The van der Waals surface area contributed by atoms with Crippen LogP contribution in [0, 0.1) is 5.92 Å². The van der Waals surface area contributed by atoms with Crippen LogP contribution in [0.2, 0.25) is 0 Å². The SMILES string of the molecule is CC1NNC(C)C1C(=O)NCCN1c2ccccc2N(C)S1(=O)=O. The Kier molecular flexibility index (Phi) is 4.41. The van der Waals surface area contributed by atoms with Gasteiger partial charge in [-0.2, -0.15) is 8.42 Å². The molecule has 1 aromatic rings. The Labute approximate surface area is 142 Å². The van der Waals surface area contributed by atoms with Crippen LogP contribution >= 0.6 is 0 Å². The second-order valence-corrected chi connectivity index (χ2v) is 8.10. The van der Waals surface area contributed by atoms with Crippen molar-refractivity contribution in [2.45, 2.75) is 25.9 Å². The summed E-state index contributed by atoms with van der Waals surface area (Å²) in [6.07, 6.45) is 0. The van der Waals surface area contributed by atoms with Crippen molar-refractivity contribution in [3.05, 3.63) is 24.3 Å². The highest BCUT2D eigenvalue weighted by Crippen LogP contribution is 2.38. The Bertz CT molecular complexity index is 728. The molecule has 0 saturated carbocycles. The molecule has 3 rings (SSSR count). The van der Waals surface area contributed by atoms with Gasteiger partial charge < -0.3 is 5.32 Å². The highest BCUT2D eigenvalue weighted by molar-refractivity contribution is 7.94. The fourth-order valence-electron chi connectivity index (χ4n) is 3.30. The van der Waals surface area contributed by atoms with Gasteiger partial charge in [0.1, 0.15) is 0 Å². The Balaban J connectivity index is 1.66. The van der Waals surface area contributed by atoms with Gasteiger partial charge in [-0.15, -0.1) is 0 Å². The normalized spacial score (nSPS) is 28.0. The molecule has 1 amide bonds. The van der Waals surface area contributed by atoms with E-state index in [0.717, 1.165) is 0 Å². The van der Waals surface area contributed by atoms with E-state index >= 15 is 0 Å². The highest BCUT2D eigenvalue weighted by atomic mass is 32.2. The maximum absolute atomic E-state index is 12.5. The number of nitrogens with zero attached hydrogens (tertiary/aromatic N) is 2. The van der Waals surface area contributed by atoms with Crippen molar-refractivity contribution in [2.24, 2.45) is 5.92 Å². The van der Waals surface area contributed by atoms with Crippen molar-refractivity contribution in [2.75, 3.05) is 28.7 Å². The Morgan fingerprint density at radius 1 is 1.17 bits per heavy atom. The number of hydrogen-bond acceptors (Lipinski definition) is 5. The molecule has 24 heavy (non-hydrogen) atoms. The first kappa shape index (κ1) is 17.0. The topological polar surface area (TPSA) is 93.8 Å². The second kappa shape index (κ2) is 6.23. The zero-order valence-electron chi connectivity index (χ0n) is 14.0. The van der Waals surface area contributed by atoms with Crippen LogP contribution in [0.3, 0.4) is 0 Å². The van der Waals surface area contributed by atoms with Crippen LogP contribution in [0.25, 0.3) is 0 Å². The molecule has 2 aliphatic heterocycles. The standard InChI is InChI=1S/C15H23N5O3S/c1-10-14(11(2)18-17-10)15(21)16-8-9-20-13-7-5-4-6-12(13)19(3)24(20,22)23/h4-7,10-11,14,17-18H,8-9H2,1-3H3,(H,16,21). The number of hydrazine groups is 1. The average Bonchev–Trinajstić information content (AvgIpc) is 2.97. The zero-order chi connectivity index (χ0) is 17.5. The molecule has 0 radical (unpaired) electrons. The van der Waals surface area contributed by atoms with Gasteiger partial charge in [-0.1, -0.05) is 12.1 Å². The molecular weight excluding hydrogens is 330 g/mol. The summed E-state index contributed by atoms with van der Waals surface area (Å²) in [6, 6.07) is 7.21. The monoisotopic (exact) mass is 353 g/mol. The van der Waals surface area contributed by atoms with Crippen LogP contribution in [-0.2, 0) is 15.0 Å². The number of para-hydroxylation sites is 2. The van der Waals surface area contributed by atoms with Gasteiger partial charge in [-0.3, -0.25) is 20.0 Å². The zero-order valence-corrected chi connectivity index (χ0v) is 14.8. The molecule has 3 N–H and O–H groups in total. The van der Waals surface area contributed by atoms with Crippen LogP contribution in [0.4, 0.5) is 11.4 Å². The predicted molar refractivity (Wildman–Crippen MR) is 92.8 cm³/mol. The van der Waals surface area contributed by atoms with Crippen molar-refractivity contribution in [1.29, 1.82) is 0 Å². The van der Waals surface area contributed by atoms with Crippen LogP contribution < -0.4 is 24.8 Å². The number of nitrogens with one attached hydrogen (secondary N) is 3. The number of rotatable bonds is 4. The number of fused-ring (bicyclic) bond motifs is 1. The first-order chi connectivity index (χ1) is 11.3. The minimum absolute atomic E-state index is 0.0300. The molecule has 2 aliphatic rings. The third kappa shape index (κ3) is 2.72. The molecule has 1 aromatic carbocycles. The van der Waals surface area contributed by atoms with Crippen LogP contribution in [-0.4, -0.2) is 46.5 Å². The fraction of sp³-hybridized carbons (Fsp3) is 0.533. The van der Waals surface area contributed by atoms with Gasteiger partial charge >= 0.3 is 10.2 Å². The van der Waals surface area contributed by atoms with Gasteiger partial charge in [0.05, 0.1) is 23.8 Å². The van der Waals surface area contributed by atoms with Gasteiger partial charge in [0.25, 0.3) is 0 Å². The van der Waals surface area contributed by atoms with Crippen LogP contribution in [0.5, 0.6) is 0 Å². The van der Waals surface area contributed by atoms with Crippen molar-refractivity contribution in [3.8, 4) is 0 Å². The lowest BCUT2D eigenvalue weighted by molar-refractivity contribution is -0.125. The molecule has 1 fully saturated rings. The minimum Gasteiger partial charge on any atom is -0.354 e. The summed E-state index contributed by atoms with van der Waals surface area (Å²) in [5.41, 5.74) is 7.37. The van der Waals surface area contributed by atoms with Crippen LogP contribution in [0.1, 0.15) is 13.8 Å². The van der Waals surface area contributed by atoms with E-state index in [2.05, 4.69) is 16.2 Å². The van der Waals surface area contributed by atoms with Crippen molar-refractivity contribution < 1.29 is 13.2 Å². The second-order valence-electron chi connectivity index (χ2n) is 6.22. The summed E-state index contributed by atoms with van der Waals surface area (Å²) in [5.74, 6) is -0.263. The molecular formula is C15H23N5O3S. The molecule has 132 valence electrons. The summed E-state index contributed by atoms with van der Waals surface area (Å²) >= 11 is 0. The molecule has 0 spiro atoms. The Hall–Kier alpha value is -1.84. The Morgan fingerprint density at radius 3 is 2.38 bits per heavy atom. The maximum atomic E-state index is 12.5. The average molecular weight is 353 g/mol. The van der Waals surface area contributed by atoms with E-state index in [9.17, 15) is 13.2 Å². The Morgan fingerprint density at radius 2 is 1.75 bits per heavy atom. The summed E-state index contributed by atoms with van der Waals surface area (Å²) in [6.45, 7) is 4.34. The number of carbonyl (C=O) groups excluding carboxylic acids is 1. The molecule has 2 unspecified atom stereocenters.